The molecule has 0 bridgehead atoms. The lowest BCUT2D eigenvalue weighted by Crippen LogP contribution is -2.05. The number of amides is 1. The molecule has 0 aliphatic rings. The van der Waals surface area contributed by atoms with Crippen molar-refractivity contribution in [3.8, 4) is 17.2 Å². The summed E-state index contributed by atoms with van der Waals surface area (Å²) >= 11 is 0. The first-order valence-corrected chi connectivity index (χ1v) is 9.27. The van der Waals surface area contributed by atoms with E-state index in [4.69, 9.17) is 14.2 Å². The second kappa shape index (κ2) is 8.73. The molecule has 3 rings (SSSR count). The van der Waals surface area contributed by atoms with Crippen LogP contribution in [0.25, 0.3) is 17.0 Å². The van der Waals surface area contributed by atoms with Gasteiger partial charge in [0.25, 0.3) is 0 Å². The Hall–Kier alpha value is -3.74. The topological polar surface area (TPSA) is 78.8 Å². The number of hydrogen-bond acceptors (Lipinski definition) is 5. The largest absolute Gasteiger partial charge is 0.493 e. The molecule has 1 heterocycles. The van der Waals surface area contributed by atoms with Gasteiger partial charge in [-0.3, -0.25) is 9.59 Å². The molecule has 30 heavy (non-hydrogen) atoms. The number of anilines is 1. The predicted molar refractivity (Wildman–Crippen MR) is 117 cm³/mol. The van der Waals surface area contributed by atoms with Crippen molar-refractivity contribution in [2.45, 2.75) is 6.92 Å². The van der Waals surface area contributed by atoms with Crippen molar-refractivity contribution in [2.75, 3.05) is 26.6 Å². The number of aromatic nitrogens is 1. The average molecular weight is 408 g/mol. The van der Waals surface area contributed by atoms with Crippen LogP contribution in [0.15, 0.2) is 42.6 Å². The van der Waals surface area contributed by atoms with Crippen molar-refractivity contribution >= 4 is 34.4 Å². The van der Waals surface area contributed by atoms with Crippen LogP contribution in [0.2, 0.25) is 0 Å². The number of rotatable bonds is 7. The summed E-state index contributed by atoms with van der Waals surface area (Å²) < 4.78 is 17.9. The van der Waals surface area contributed by atoms with Gasteiger partial charge in [-0.15, -0.1) is 0 Å². The van der Waals surface area contributed by atoms with Gasteiger partial charge in [-0.05, 0) is 42.5 Å². The van der Waals surface area contributed by atoms with E-state index in [1.807, 2.05) is 36.0 Å². The highest BCUT2D eigenvalue weighted by atomic mass is 16.5. The van der Waals surface area contributed by atoms with Crippen molar-refractivity contribution in [3.05, 3.63) is 53.7 Å². The Balaban J connectivity index is 1.96. The number of ether oxygens (including phenoxy) is 3. The third-order valence-corrected chi connectivity index (χ3v) is 4.70. The molecule has 1 amide bonds. The van der Waals surface area contributed by atoms with Crippen molar-refractivity contribution in [1.29, 1.82) is 0 Å². The van der Waals surface area contributed by atoms with Crippen molar-refractivity contribution in [3.63, 3.8) is 0 Å². The van der Waals surface area contributed by atoms with E-state index < -0.39 is 0 Å². The molecule has 1 aromatic heterocycles. The molecule has 0 spiro atoms. The second-order valence-electron chi connectivity index (χ2n) is 6.72. The molecule has 0 saturated carbocycles. The van der Waals surface area contributed by atoms with Gasteiger partial charge in [-0.25, -0.2) is 0 Å². The molecule has 3 aromatic rings. The first-order chi connectivity index (χ1) is 14.4. The molecule has 2 aromatic carbocycles. The average Bonchev–Trinajstić information content (AvgIpc) is 3.05. The van der Waals surface area contributed by atoms with E-state index in [1.165, 1.54) is 34.3 Å². The number of methoxy groups -OCH3 is 3. The van der Waals surface area contributed by atoms with Gasteiger partial charge >= 0.3 is 0 Å². The fourth-order valence-electron chi connectivity index (χ4n) is 3.32. The number of carbonyl (C=O) groups excluding carboxylic acids is 2. The van der Waals surface area contributed by atoms with Gasteiger partial charge in [0.1, 0.15) is 0 Å². The van der Waals surface area contributed by atoms with Gasteiger partial charge < -0.3 is 24.1 Å². The van der Waals surface area contributed by atoms with Crippen LogP contribution < -0.4 is 19.5 Å². The highest BCUT2D eigenvalue weighted by Gasteiger charge is 2.16. The van der Waals surface area contributed by atoms with Crippen LogP contribution in [0.5, 0.6) is 17.2 Å². The standard InChI is InChI=1S/C23H24N2O5/c1-14(26)24-17-7-8-19-18(12-17)15(13-25(19)2)6-9-20(27)16-10-21(28-3)23(30-5)22(11-16)29-4/h6-13H,1-5H3,(H,24,26). The van der Waals surface area contributed by atoms with E-state index in [-0.39, 0.29) is 11.7 Å². The fraction of sp³-hybridized carbons (Fsp3) is 0.217. The molecule has 7 nitrogen and oxygen atoms in total. The van der Waals surface area contributed by atoms with E-state index in [9.17, 15) is 9.59 Å². The molecule has 156 valence electrons. The molecule has 0 fully saturated rings. The van der Waals surface area contributed by atoms with Gasteiger partial charge in [0.15, 0.2) is 17.3 Å². The molecule has 0 atom stereocenters. The van der Waals surface area contributed by atoms with E-state index in [0.29, 0.717) is 28.5 Å². The number of nitrogens with zero attached hydrogens (tertiary/aromatic N) is 1. The Labute approximate surface area is 174 Å². The zero-order valence-electron chi connectivity index (χ0n) is 17.6. The molecule has 0 aliphatic heterocycles. The van der Waals surface area contributed by atoms with E-state index in [0.717, 1.165) is 16.5 Å². The number of benzene rings is 2. The first-order valence-electron chi connectivity index (χ1n) is 9.27. The summed E-state index contributed by atoms with van der Waals surface area (Å²) in [5.74, 6) is 0.918. The molecular formula is C23H24N2O5. The zero-order chi connectivity index (χ0) is 21.8. The minimum Gasteiger partial charge on any atom is -0.493 e. The second-order valence-corrected chi connectivity index (χ2v) is 6.72. The van der Waals surface area contributed by atoms with Gasteiger partial charge in [-0.1, -0.05) is 0 Å². The van der Waals surface area contributed by atoms with Gasteiger partial charge in [0.05, 0.1) is 21.3 Å². The molecule has 0 radical (unpaired) electrons. The Morgan fingerprint density at radius 2 is 1.67 bits per heavy atom. The lowest BCUT2D eigenvalue weighted by atomic mass is 10.1. The van der Waals surface area contributed by atoms with Crippen LogP contribution in [0.3, 0.4) is 0 Å². The number of ketones is 1. The number of carbonyl (C=O) groups is 2. The van der Waals surface area contributed by atoms with E-state index in [1.54, 1.807) is 18.2 Å². The summed E-state index contributed by atoms with van der Waals surface area (Å²) in [5.41, 5.74) is 2.97. The summed E-state index contributed by atoms with van der Waals surface area (Å²) in [6.45, 7) is 1.46. The van der Waals surface area contributed by atoms with Crippen LogP contribution >= 0.6 is 0 Å². The molecule has 0 unspecified atom stereocenters. The minimum atomic E-state index is -0.204. The monoisotopic (exact) mass is 408 g/mol. The maximum atomic E-state index is 12.8. The number of nitrogens with one attached hydrogen (secondary N) is 1. The number of allylic oxidation sites excluding steroid dienone is 1. The lowest BCUT2D eigenvalue weighted by Gasteiger charge is -2.13. The maximum Gasteiger partial charge on any atom is 0.221 e. The minimum absolute atomic E-state index is 0.139. The zero-order valence-corrected chi connectivity index (χ0v) is 17.6. The third-order valence-electron chi connectivity index (χ3n) is 4.70. The van der Waals surface area contributed by atoms with Gasteiger partial charge in [-0.2, -0.15) is 0 Å². The lowest BCUT2D eigenvalue weighted by molar-refractivity contribution is -0.114. The van der Waals surface area contributed by atoms with Crippen LogP contribution in [0.1, 0.15) is 22.8 Å². The molecular weight excluding hydrogens is 384 g/mol. The van der Waals surface area contributed by atoms with Crippen LogP contribution in [0.4, 0.5) is 5.69 Å². The summed E-state index contributed by atoms with van der Waals surface area (Å²) in [5, 5.41) is 3.71. The molecule has 0 aliphatic carbocycles. The Bertz CT molecular complexity index is 1120. The van der Waals surface area contributed by atoms with Crippen LogP contribution in [0, 0.1) is 0 Å². The summed E-state index contributed by atoms with van der Waals surface area (Å²) in [4.78, 5) is 24.2. The SMILES string of the molecule is COc1cc(C(=O)C=Cc2cn(C)c3ccc(NC(C)=O)cc23)cc(OC)c1OC. The highest BCUT2D eigenvalue weighted by molar-refractivity contribution is 6.08. The number of hydrogen-bond donors (Lipinski definition) is 1. The van der Waals surface area contributed by atoms with Gasteiger partial charge in [0.2, 0.25) is 11.7 Å². The normalized spacial score (nSPS) is 11.0. The third kappa shape index (κ3) is 4.15. The van der Waals surface area contributed by atoms with Crippen molar-refractivity contribution in [1.82, 2.24) is 4.57 Å². The van der Waals surface area contributed by atoms with Crippen molar-refractivity contribution in [2.24, 2.45) is 7.05 Å². The maximum absolute atomic E-state index is 12.8. The Morgan fingerprint density at radius 1 is 1.00 bits per heavy atom. The quantitative estimate of drug-likeness (QED) is 0.471. The summed E-state index contributed by atoms with van der Waals surface area (Å²) in [7, 11) is 6.45. The van der Waals surface area contributed by atoms with E-state index in [2.05, 4.69) is 5.32 Å². The predicted octanol–water partition coefficient (Wildman–Crippen LogP) is 4.06. The first kappa shape index (κ1) is 21.0. The summed E-state index contributed by atoms with van der Waals surface area (Å²) in [6, 6.07) is 8.90. The number of fused-ring (bicyclic) bond motifs is 1. The summed E-state index contributed by atoms with van der Waals surface area (Å²) in [6.07, 6.45) is 5.19. The van der Waals surface area contributed by atoms with Crippen molar-refractivity contribution < 1.29 is 23.8 Å². The molecule has 1 N–H and O–H groups in total. The number of aryl methyl sites for hydroxylation is 1. The molecule has 7 heteroatoms. The smallest absolute Gasteiger partial charge is 0.221 e. The van der Waals surface area contributed by atoms with Crippen LogP contribution in [-0.4, -0.2) is 37.6 Å². The van der Waals surface area contributed by atoms with Crippen LogP contribution in [-0.2, 0) is 11.8 Å². The Morgan fingerprint density at radius 3 is 2.23 bits per heavy atom. The van der Waals surface area contributed by atoms with Gasteiger partial charge in [0, 0.05) is 47.9 Å². The Kier molecular flexibility index (Phi) is 6.11. The fourth-order valence-corrected chi connectivity index (χ4v) is 3.32. The molecule has 0 saturated heterocycles. The highest BCUT2D eigenvalue weighted by Crippen LogP contribution is 2.38. The van der Waals surface area contributed by atoms with E-state index >= 15 is 0 Å².